The zero-order chi connectivity index (χ0) is 17.3. The lowest BCUT2D eigenvalue weighted by Crippen LogP contribution is -2.12. The molecule has 0 aliphatic heterocycles. The number of rotatable bonds is 4. The number of amides is 1. The van der Waals surface area contributed by atoms with Gasteiger partial charge in [0.1, 0.15) is 15.5 Å². The molecule has 0 unspecified atom stereocenters. The lowest BCUT2D eigenvalue weighted by molar-refractivity contribution is 0.103. The van der Waals surface area contributed by atoms with E-state index in [1.807, 2.05) is 13.0 Å². The zero-order valence-electron chi connectivity index (χ0n) is 13.2. The van der Waals surface area contributed by atoms with E-state index in [1.165, 1.54) is 35.6 Å². The predicted molar refractivity (Wildman–Crippen MR) is 93.8 cm³/mol. The number of aromatic nitrogens is 1. The molecule has 7 heteroatoms. The Kier molecular flexibility index (Phi) is 4.46. The first kappa shape index (κ1) is 16.4. The number of methoxy groups -OCH3 is 1. The first-order valence-corrected chi connectivity index (χ1v) is 8.05. The van der Waals surface area contributed by atoms with Gasteiger partial charge in [-0.3, -0.25) is 4.79 Å². The minimum atomic E-state index is -0.363. The van der Waals surface area contributed by atoms with Crippen LogP contribution in [0.3, 0.4) is 0 Å². The second kappa shape index (κ2) is 6.54. The Bertz CT molecular complexity index is 906. The lowest BCUT2D eigenvalue weighted by Gasteiger charge is -2.05. The molecule has 0 bridgehead atoms. The topological polar surface area (TPSA) is 77.2 Å². The summed E-state index contributed by atoms with van der Waals surface area (Å²) in [7, 11) is 1.60. The second-order valence-corrected chi connectivity index (χ2v) is 6.34. The number of thiophene rings is 1. The third kappa shape index (κ3) is 3.08. The minimum absolute atomic E-state index is 0.344. The van der Waals surface area contributed by atoms with E-state index >= 15 is 0 Å². The van der Waals surface area contributed by atoms with Crippen LogP contribution >= 0.6 is 11.3 Å². The summed E-state index contributed by atoms with van der Waals surface area (Å²) in [4.78, 5) is 18.0. The van der Waals surface area contributed by atoms with E-state index in [-0.39, 0.29) is 11.7 Å². The highest BCUT2D eigenvalue weighted by molar-refractivity contribution is 7.21. The SMILES string of the molecule is COCc1cc(C)nc2sc(C(=O)Nc3ccc(F)cc3)c(N)c12. The fourth-order valence-electron chi connectivity index (χ4n) is 2.50. The molecule has 3 rings (SSSR count). The van der Waals surface area contributed by atoms with Gasteiger partial charge in [0.15, 0.2) is 0 Å². The highest BCUT2D eigenvalue weighted by Crippen LogP contribution is 2.36. The average molecular weight is 345 g/mol. The molecule has 0 aliphatic carbocycles. The molecule has 1 aromatic carbocycles. The number of nitrogens with one attached hydrogen (secondary N) is 1. The molecule has 0 spiro atoms. The summed E-state index contributed by atoms with van der Waals surface area (Å²) < 4.78 is 18.2. The van der Waals surface area contributed by atoms with Crippen molar-refractivity contribution in [1.82, 2.24) is 4.98 Å². The normalized spacial score (nSPS) is 11.0. The van der Waals surface area contributed by atoms with Crippen molar-refractivity contribution in [2.24, 2.45) is 0 Å². The van der Waals surface area contributed by atoms with E-state index in [0.29, 0.717) is 27.7 Å². The van der Waals surface area contributed by atoms with E-state index in [2.05, 4.69) is 10.3 Å². The monoisotopic (exact) mass is 345 g/mol. The number of pyridine rings is 1. The number of ether oxygens (including phenoxy) is 1. The number of fused-ring (bicyclic) bond motifs is 1. The van der Waals surface area contributed by atoms with Crippen LogP contribution < -0.4 is 11.1 Å². The molecule has 2 aromatic heterocycles. The Morgan fingerprint density at radius 3 is 2.75 bits per heavy atom. The Balaban J connectivity index is 2.00. The van der Waals surface area contributed by atoms with Crippen LogP contribution in [-0.4, -0.2) is 18.0 Å². The van der Waals surface area contributed by atoms with Gasteiger partial charge < -0.3 is 15.8 Å². The minimum Gasteiger partial charge on any atom is -0.397 e. The highest BCUT2D eigenvalue weighted by atomic mass is 32.1. The van der Waals surface area contributed by atoms with Crippen LogP contribution in [-0.2, 0) is 11.3 Å². The number of carbonyl (C=O) groups excluding carboxylic acids is 1. The summed E-state index contributed by atoms with van der Waals surface area (Å²) in [5, 5.41) is 3.47. The van der Waals surface area contributed by atoms with Crippen molar-refractivity contribution in [3.63, 3.8) is 0 Å². The van der Waals surface area contributed by atoms with Crippen LogP contribution in [0.2, 0.25) is 0 Å². The lowest BCUT2D eigenvalue weighted by atomic mass is 10.1. The van der Waals surface area contributed by atoms with E-state index in [9.17, 15) is 9.18 Å². The maximum atomic E-state index is 13.0. The Hall–Kier alpha value is -2.51. The van der Waals surface area contributed by atoms with Crippen LogP contribution in [0.25, 0.3) is 10.2 Å². The van der Waals surface area contributed by atoms with E-state index in [4.69, 9.17) is 10.5 Å². The van der Waals surface area contributed by atoms with Crippen molar-refractivity contribution in [3.8, 4) is 0 Å². The molecular weight excluding hydrogens is 329 g/mol. The first-order valence-electron chi connectivity index (χ1n) is 7.24. The van der Waals surface area contributed by atoms with E-state index < -0.39 is 0 Å². The Labute approximate surface area is 142 Å². The zero-order valence-corrected chi connectivity index (χ0v) is 14.0. The van der Waals surface area contributed by atoms with Gasteiger partial charge in [0.05, 0.1) is 12.3 Å². The van der Waals surface area contributed by atoms with Gasteiger partial charge in [-0.15, -0.1) is 11.3 Å². The number of hydrogen-bond donors (Lipinski definition) is 2. The maximum Gasteiger partial charge on any atom is 0.267 e. The third-order valence-corrected chi connectivity index (χ3v) is 4.62. The molecule has 124 valence electrons. The summed E-state index contributed by atoms with van der Waals surface area (Å²) in [6, 6.07) is 7.46. The third-order valence-electron chi connectivity index (χ3n) is 3.52. The quantitative estimate of drug-likeness (QED) is 0.755. The maximum absolute atomic E-state index is 13.0. The van der Waals surface area contributed by atoms with E-state index in [1.54, 1.807) is 7.11 Å². The van der Waals surface area contributed by atoms with Crippen molar-refractivity contribution in [3.05, 3.63) is 52.3 Å². The van der Waals surface area contributed by atoms with E-state index in [0.717, 1.165) is 16.6 Å². The standard InChI is InChI=1S/C17H16FN3O2S/c1-9-7-10(8-23-2)13-14(19)15(24-17(13)20-9)16(22)21-12-5-3-11(18)4-6-12/h3-7H,8,19H2,1-2H3,(H,21,22). The Morgan fingerprint density at radius 1 is 1.38 bits per heavy atom. The average Bonchev–Trinajstić information content (AvgIpc) is 2.87. The number of benzene rings is 1. The molecular formula is C17H16FN3O2S. The molecule has 0 saturated heterocycles. The van der Waals surface area contributed by atoms with Gasteiger partial charge >= 0.3 is 0 Å². The van der Waals surface area contributed by atoms with Crippen molar-refractivity contribution < 1.29 is 13.9 Å². The van der Waals surface area contributed by atoms with Crippen LogP contribution in [0.15, 0.2) is 30.3 Å². The predicted octanol–water partition coefficient (Wildman–Crippen LogP) is 3.72. The van der Waals surface area contributed by atoms with Gasteiger partial charge in [0.25, 0.3) is 5.91 Å². The number of hydrogen-bond acceptors (Lipinski definition) is 5. The number of nitrogens with two attached hydrogens (primary N) is 1. The number of aryl methyl sites for hydroxylation is 1. The molecule has 3 aromatic rings. The second-order valence-electron chi connectivity index (χ2n) is 5.34. The number of carbonyl (C=O) groups is 1. The van der Waals surface area contributed by atoms with Crippen molar-refractivity contribution in [1.29, 1.82) is 0 Å². The van der Waals surface area contributed by atoms with Gasteiger partial charge in [-0.2, -0.15) is 0 Å². The smallest absolute Gasteiger partial charge is 0.267 e. The number of anilines is 2. The van der Waals surface area contributed by atoms with Gasteiger partial charge in [-0.05, 0) is 42.8 Å². The van der Waals surface area contributed by atoms with Crippen LogP contribution in [0.5, 0.6) is 0 Å². The molecule has 0 saturated carbocycles. The highest BCUT2D eigenvalue weighted by Gasteiger charge is 2.20. The molecule has 0 fully saturated rings. The molecule has 0 atom stereocenters. The number of nitrogen functional groups attached to an aromatic ring is 1. The van der Waals surface area contributed by atoms with Crippen LogP contribution in [0.4, 0.5) is 15.8 Å². The summed E-state index contributed by atoms with van der Waals surface area (Å²) in [6.07, 6.45) is 0. The first-order chi connectivity index (χ1) is 11.5. The van der Waals surface area contributed by atoms with Crippen molar-refractivity contribution >= 4 is 38.8 Å². The van der Waals surface area contributed by atoms with Crippen LogP contribution in [0.1, 0.15) is 20.9 Å². The summed E-state index contributed by atoms with van der Waals surface area (Å²) in [6.45, 7) is 2.27. The molecule has 0 radical (unpaired) electrons. The molecule has 1 amide bonds. The van der Waals surface area contributed by atoms with Gasteiger partial charge in [0.2, 0.25) is 0 Å². The molecule has 3 N–H and O–H groups in total. The van der Waals surface area contributed by atoms with Gasteiger partial charge in [-0.25, -0.2) is 9.37 Å². The van der Waals surface area contributed by atoms with Gasteiger partial charge in [-0.1, -0.05) is 0 Å². The molecule has 2 heterocycles. The van der Waals surface area contributed by atoms with Crippen LogP contribution in [0, 0.1) is 12.7 Å². The Morgan fingerprint density at radius 2 is 2.08 bits per heavy atom. The summed E-state index contributed by atoms with van der Waals surface area (Å²) in [5.41, 5.74) is 8.81. The largest absolute Gasteiger partial charge is 0.397 e. The fraction of sp³-hybridized carbons (Fsp3) is 0.176. The van der Waals surface area contributed by atoms with Gasteiger partial charge in [0, 0.05) is 23.9 Å². The number of nitrogens with zero attached hydrogens (tertiary/aromatic N) is 1. The van der Waals surface area contributed by atoms with Crippen molar-refractivity contribution in [2.45, 2.75) is 13.5 Å². The molecule has 5 nitrogen and oxygen atoms in total. The summed E-state index contributed by atoms with van der Waals surface area (Å²) >= 11 is 1.23. The summed E-state index contributed by atoms with van der Waals surface area (Å²) in [5.74, 6) is -0.707. The van der Waals surface area contributed by atoms with Crippen molar-refractivity contribution in [2.75, 3.05) is 18.2 Å². The number of halogens is 1. The molecule has 0 aliphatic rings. The fourth-order valence-corrected chi connectivity index (χ4v) is 3.58. The molecule has 24 heavy (non-hydrogen) atoms.